The van der Waals surface area contributed by atoms with Gasteiger partial charge in [0.05, 0.1) is 11.8 Å². The molecule has 1 unspecified atom stereocenters. The first-order chi connectivity index (χ1) is 8.65. The number of hydrogen-bond donors (Lipinski definition) is 2. The van der Waals surface area contributed by atoms with Gasteiger partial charge >= 0.3 is 0 Å². The Labute approximate surface area is 105 Å². The van der Waals surface area contributed by atoms with Gasteiger partial charge in [0.15, 0.2) is 0 Å². The van der Waals surface area contributed by atoms with Crippen LogP contribution in [0, 0.1) is 11.7 Å². The summed E-state index contributed by atoms with van der Waals surface area (Å²) in [5, 5.41) is 11.8. The smallest absolute Gasteiger partial charge is 0.257 e. The molecule has 2 rings (SSSR count). The minimum atomic E-state index is -0.532. The number of nitrogens with one attached hydrogen (secondary N) is 1. The summed E-state index contributed by atoms with van der Waals surface area (Å²) in [6.45, 7) is 1.17. The van der Waals surface area contributed by atoms with Crippen molar-refractivity contribution < 1.29 is 14.3 Å². The Kier molecular flexibility index (Phi) is 3.76. The second kappa shape index (κ2) is 5.30. The third-order valence-corrected chi connectivity index (χ3v) is 3.15. The molecule has 1 atom stereocenters. The van der Waals surface area contributed by atoms with Gasteiger partial charge in [-0.2, -0.15) is 0 Å². The molecule has 0 radical (unpaired) electrons. The van der Waals surface area contributed by atoms with Crippen LogP contribution < -0.4 is 5.32 Å². The van der Waals surface area contributed by atoms with E-state index in [2.05, 4.69) is 10.3 Å². The predicted molar refractivity (Wildman–Crippen MR) is 64.8 cm³/mol. The number of aliphatic hydroxyl groups excluding tert-OH is 1. The number of amides is 1. The quantitative estimate of drug-likeness (QED) is 0.833. The van der Waals surface area contributed by atoms with Crippen LogP contribution in [0.4, 0.5) is 10.2 Å². The zero-order valence-electron chi connectivity index (χ0n) is 10.2. The minimum absolute atomic E-state index is 0.0735. The number of aliphatic hydroxyl groups is 1. The highest BCUT2D eigenvalue weighted by Gasteiger charge is 2.28. The number of anilines is 1. The van der Waals surface area contributed by atoms with Crippen LogP contribution in [0.15, 0.2) is 12.3 Å². The van der Waals surface area contributed by atoms with E-state index in [0.717, 1.165) is 12.6 Å². The average molecular weight is 253 g/mol. The van der Waals surface area contributed by atoms with Gasteiger partial charge in [-0.1, -0.05) is 0 Å². The highest BCUT2D eigenvalue weighted by Crippen LogP contribution is 2.21. The highest BCUT2D eigenvalue weighted by molar-refractivity contribution is 5.98. The van der Waals surface area contributed by atoms with Crippen LogP contribution in [0.3, 0.4) is 0 Å². The molecule has 2 N–H and O–H groups in total. The van der Waals surface area contributed by atoms with E-state index >= 15 is 0 Å². The maximum atomic E-state index is 13.2. The largest absolute Gasteiger partial charge is 0.396 e. The van der Waals surface area contributed by atoms with E-state index in [0.29, 0.717) is 18.9 Å². The third kappa shape index (κ3) is 2.43. The molecule has 2 heterocycles. The molecule has 0 aliphatic carbocycles. The lowest BCUT2D eigenvalue weighted by atomic mass is 10.1. The van der Waals surface area contributed by atoms with Crippen LogP contribution >= 0.6 is 0 Å². The zero-order chi connectivity index (χ0) is 13.1. The lowest BCUT2D eigenvalue weighted by Gasteiger charge is -2.17. The van der Waals surface area contributed by atoms with Crippen molar-refractivity contribution in [3.8, 4) is 0 Å². The van der Waals surface area contributed by atoms with Crippen molar-refractivity contribution in [2.75, 3.05) is 32.1 Å². The summed E-state index contributed by atoms with van der Waals surface area (Å²) in [5.41, 5.74) is 0.232. The minimum Gasteiger partial charge on any atom is -0.396 e. The summed E-state index contributed by atoms with van der Waals surface area (Å²) in [7, 11) is 1.64. The van der Waals surface area contributed by atoms with Crippen molar-refractivity contribution in [3.05, 3.63) is 23.6 Å². The van der Waals surface area contributed by atoms with E-state index in [1.807, 2.05) is 0 Å². The number of carbonyl (C=O) groups is 1. The van der Waals surface area contributed by atoms with Crippen molar-refractivity contribution in [1.82, 2.24) is 9.88 Å². The second-order valence-corrected chi connectivity index (χ2v) is 4.39. The number of nitrogens with zero attached hydrogens (tertiary/aromatic N) is 2. The van der Waals surface area contributed by atoms with E-state index in [-0.39, 0.29) is 24.0 Å². The number of halogens is 1. The summed E-state index contributed by atoms with van der Waals surface area (Å²) in [5.74, 6) is -0.292. The number of pyridine rings is 1. The Morgan fingerprint density at radius 1 is 1.72 bits per heavy atom. The molecule has 1 aliphatic heterocycles. The molecule has 1 amide bonds. The molecule has 6 heteroatoms. The zero-order valence-corrected chi connectivity index (χ0v) is 10.2. The van der Waals surface area contributed by atoms with Crippen LogP contribution in [0.25, 0.3) is 0 Å². The van der Waals surface area contributed by atoms with E-state index in [1.54, 1.807) is 11.9 Å². The monoisotopic (exact) mass is 253 g/mol. The van der Waals surface area contributed by atoms with Crippen molar-refractivity contribution in [1.29, 1.82) is 0 Å². The molecular weight excluding hydrogens is 237 g/mol. The number of carbonyl (C=O) groups excluding carboxylic acids is 1. The Balaban J connectivity index is 2.21. The molecular formula is C12H16FN3O2. The first kappa shape index (κ1) is 12.8. The average Bonchev–Trinajstić information content (AvgIpc) is 2.86. The summed E-state index contributed by atoms with van der Waals surface area (Å²) in [6.07, 6.45) is 1.85. The number of hydrogen-bond acceptors (Lipinski definition) is 4. The molecule has 1 aromatic rings. The lowest BCUT2D eigenvalue weighted by Crippen LogP contribution is -2.30. The normalized spacial score (nSPS) is 19.1. The predicted octanol–water partition coefficient (Wildman–Crippen LogP) is 0.717. The molecule has 0 spiro atoms. The molecule has 18 heavy (non-hydrogen) atoms. The number of likely N-dealkylation sites (tertiary alicyclic amines) is 1. The van der Waals surface area contributed by atoms with Gasteiger partial charge in [0, 0.05) is 32.7 Å². The van der Waals surface area contributed by atoms with E-state index in [4.69, 9.17) is 5.11 Å². The van der Waals surface area contributed by atoms with Gasteiger partial charge in [0.1, 0.15) is 11.6 Å². The van der Waals surface area contributed by atoms with Gasteiger partial charge in [-0.3, -0.25) is 4.79 Å². The van der Waals surface area contributed by atoms with E-state index in [9.17, 15) is 9.18 Å². The molecule has 1 aromatic heterocycles. The third-order valence-electron chi connectivity index (χ3n) is 3.15. The number of rotatable bonds is 3. The van der Waals surface area contributed by atoms with Crippen molar-refractivity contribution in [2.24, 2.45) is 5.92 Å². The van der Waals surface area contributed by atoms with E-state index < -0.39 is 5.82 Å². The van der Waals surface area contributed by atoms with Crippen molar-refractivity contribution >= 4 is 11.7 Å². The molecule has 0 aromatic carbocycles. The van der Waals surface area contributed by atoms with Gasteiger partial charge in [0.25, 0.3) is 5.91 Å². The molecule has 1 saturated heterocycles. The van der Waals surface area contributed by atoms with Crippen LogP contribution in [-0.2, 0) is 0 Å². The standard InChI is InChI=1S/C12H16FN3O2/c1-14-11-10(4-9(13)5-15-11)12(18)16-3-2-8(6-16)7-17/h4-5,8,17H,2-3,6-7H2,1H3,(H,14,15). The van der Waals surface area contributed by atoms with Crippen LogP contribution in [0.1, 0.15) is 16.8 Å². The first-order valence-corrected chi connectivity index (χ1v) is 5.89. The maximum absolute atomic E-state index is 13.2. The fourth-order valence-electron chi connectivity index (χ4n) is 2.14. The molecule has 98 valence electrons. The SMILES string of the molecule is CNc1ncc(F)cc1C(=O)N1CCC(CO)C1. The lowest BCUT2D eigenvalue weighted by molar-refractivity contribution is 0.0782. The van der Waals surface area contributed by atoms with Gasteiger partial charge in [0.2, 0.25) is 0 Å². The van der Waals surface area contributed by atoms with Crippen molar-refractivity contribution in [3.63, 3.8) is 0 Å². The summed E-state index contributed by atoms with van der Waals surface area (Å²) in [6, 6.07) is 1.19. The van der Waals surface area contributed by atoms with Gasteiger partial charge in [-0.15, -0.1) is 0 Å². The second-order valence-electron chi connectivity index (χ2n) is 4.39. The summed E-state index contributed by atoms with van der Waals surface area (Å²) < 4.78 is 13.2. The summed E-state index contributed by atoms with van der Waals surface area (Å²) >= 11 is 0. The first-order valence-electron chi connectivity index (χ1n) is 5.89. The Morgan fingerprint density at radius 3 is 3.11 bits per heavy atom. The van der Waals surface area contributed by atoms with Gasteiger partial charge in [-0.05, 0) is 12.5 Å². The molecule has 1 aliphatic rings. The highest BCUT2D eigenvalue weighted by atomic mass is 19.1. The van der Waals surface area contributed by atoms with Crippen molar-refractivity contribution in [2.45, 2.75) is 6.42 Å². The van der Waals surface area contributed by atoms with Gasteiger partial charge < -0.3 is 15.3 Å². The topological polar surface area (TPSA) is 65.5 Å². The Morgan fingerprint density at radius 2 is 2.50 bits per heavy atom. The fourth-order valence-corrected chi connectivity index (χ4v) is 2.14. The summed E-state index contributed by atoms with van der Waals surface area (Å²) in [4.78, 5) is 17.7. The maximum Gasteiger partial charge on any atom is 0.257 e. The molecule has 0 saturated carbocycles. The Bertz CT molecular complexity index is 453. The van der Waals surface area contributed by atoms with Gasteiger partial charge in [-0.25, -0.2) is 9.37 Å². The molecule has 1 fully saturated rings. The van der Waals surface area contributed by atoms with Crippen LogP contribution in [-0.4, -0.2) is 47.6 Å². The van der Waals surface area contributed by atoms with Crippen LogP contribution in [0.2, 0.25) is 0 Å². The van der Waals surface area contributed by atoms with E-state index in [1.165, 1.54) is 6.07 Å². The fraction of sp³-hybridized carbons (Fsp3) is 0.500. The number of aromatic nitrogens is 1. The van der Waals surface area contributed by atoms with Crippen LogP contribution in [0.5, 0.6) is 0 Å². The molecule has 5 nitrogen and oxygen atoms in total. The molecule has 0 bridgehead atoms. The Hall–Kier alpha value is -1.69.